The van der Waals surface area contributed by atoms with Crippen molar-refractivity contribution in [3.05, 3.63) is 29.6 Å². The van der Waals surface area contributed by atoms with Gasteiger partial charge in [-0.25, -0.2) is 9.67 Å². The normalized spacial score (nSPS) is 24.5. The van der Waals surface area contributed by atoms with Crippen molar-refractivity contribution in [1.29, 1.82) is 5.26 Å². The number of hydrogen-bond acceptors (Lipinski definition) is 7. The van der Waals surface area contributed by atoms with Crippen LogP contribution in [0.4, 0.5) is 0 Å². The van der Waals surface area contributed by atoms with Crippen LogP contribution >= 0.6 is 0 Å². The van der Waals surface area contributed by atoms with Crippen LogP contribution in [0, 0.1) is 11.3 Å². The summed E-state index contributed by atoms with van der Waals surface area (Å²) in [5.74, 6) is 0. The number of nitrogens with one attached hydrogen (secondary N) is 2. The zero-order valence-corrected chi connectivity index (χ0v) is 18.8. The number of nitrogens with zero attached hydrogens (tertiary/aromatic N) is 5. The maximum Gasteiger partial charge on any atom is 0.150 e. The summed E-state index contributed by atoms with van der Waals surface area (Å²) in [7, 11) is 0. The van der Waals surface area contributed by atoms with Gasteiger partial charge in [-0.2, -0.15) is 15.5 Å². The standard InChI is InChI=1S/C23H29N7O2/c1-14-22(32-11-9-25-14)16-12-15(23(2,3)13-24)19-21(27-16)20(29-28-19)17-7-8-26-30(17)18-6-4-5-10-31-18/h7-8,12,14,18,22,25H,4-6,9-11H2,1-3H3,(H,28,29). The molecule has 0 aliphatic carbocycles. The van der Waals surface area contributed by atoms with Crippen LogP contribution < -0.4 is 5.32 Å². The lowest BCUT2D eigenvalue weighted by Gasteiger charge is -2.30. The molecular formula is C23H29N7O2. The third-order valence-corrected chi connectivity index (χ3v) is 6.45. The van der Waals surface area contributed by atoms with E-state index in [-0.39, 0.29) is 18.4 Å². The molecule has 2 saturated heterocycles. The highest BCUT2D eigenvalue weighted by molar-refractivity contribution is 5.91. The number of H-pyrrole nitrogens is 1. The van der Waals surface area contributed by atoms with Gasteiger partial charge in [0.05, 0.1) is 35.0 Å². The highest BCUT2D eigenvalue weighted by Gasteiger charge is 2.32. The van der Waals surface area contributed by atoms with Crippen molar-refractivity contribution in [3.8, 4) is 17.5 Å². The van der Waals surface area contributed by atoms with Gasteiger partial charge in [0.1, 0.15) is 17.3 Å². The molecule has 5 heterocycles. The summed E-state index contributed by atoms with van der Waals surface area (Å²) in [6.45, 7) is 8.09. The summed E-state index contributed by atoms with van der Waals surface area (Å²) in [5, 5.41) is 25.7. The van der Waals surface area contributed by atoms with Crippen LogP contribution in [0.1, 0.15) is 63.6 Å². The summed E-state index contributed by atoms with van der Waals surface area (Å²) in [6.07, 6.45) is 4.57. The predicted octanol–water partition coefficient (Wildman–Crippen LogP) is 3.37. The zero-order valence-electron chi connectivity index (χ0n) is 18.8. The molecule has 0 aromatic carbocycles. The number of rotatable bonds is 4. The highest BCUT2D eigenvalue weighted by atomic mass is 16.5. The van der Waals surface area contributed by atoms with Gasteiger partial charge >= 0.3 is 0 Å². The second-order valence-corrected chi connectivity index (χ2v) is 9.14. The summed E-state index contributed by atoms with van der Waals surface area (Å²) in [5.41, 5.74) is 3.99. The Kier molecular flexibility index (Phi) is 5.45. The van der Waals surface area contributed by atoms with Gasteiger partial charge in [-0.3, -0.25) is 5.10 Å². The Morgan fingerprint density at radius 3 is 2.88 bits per heavy atom. The molecule has 2 aliphatic rings. The fourth-order valence-corrected chi connectivity index (χ4v) is 4.60. The van der Waals surface area contributed by atoms with Gasteiger partial charge in [0.15, 0.2) is 6.23 Å². The largest absolute Gasteiger partial charge is 0.369 e. The SMILES string of the molecule is CC1NCCOC1c1cc(C(C)(C)C#N)c2[nH]nc(-c3ccnn3C3CCCCO3)c2n1. The van der Waals surface area contributed by atoms with Crippen molar-refractivity contribution in [2.24, 2.45) is 0 Å². The van der Waals surface area contributed by atoms with E-state index in [4.69, 9.17) is 14.5 Å². The molecule has 168 valence electrons. The summed E-state index contributed by atoms with van der Waals surface area (Å²) in [4.78, 5) is 5.01. The van der Waals surface area contributed by atoms with E-state index in [1.54, 1.807) is 6.20 Å². The van der Waals surface area contributed by atoms with E-state index in [1.807, 2.05) is 30.7 Å². The van der Waals surface area contributed by atoms with Crippen molar-refractivity contribution in [3.63, 3.8) is 0 Å². The monoisotopic (exact) mass is 435 g/mol. The predicted molar refractivity (Wildman–Crippen MR) is 119 cm³/mol. The molecule has 2 aliphatic heterocycles. The number of aromatic nitrogens is 5. The van der Waals surface area contributed by atoms with E-state index < -0.39 is 5.41 Å². The first kappa shape index (κ1) is 21.1. The van der Waals surface area contributed by atoms with Crippen LogP contribution in [0.25, 0.3) is 22.4 Å². The molecule has 9 nitrogen and oxygen atoms in total. The van der Waals surface area contributed by atoms with Crippen LogP contribution in [0.15, 0.2) is 18.3 Å². The van der Waals surface area contributed by atoms with Crippen molar-refractivity contribution < 1.29 is 9.47 Å². The molecule has 2 N–H and O–H groups in total. The molecule has 3 aromatic heterocycles. The first-order valence-corrected chi connectivity index (χ1v) is 11.3. The van der Waals surface area contributed by atoms with E-state index in [9.17, 15) is 5.26 Å². The number of ether oxygens (including phenoxy) is 2. The van der Waals surface area contributed by atoms with Crippen LogP contribution in [-0.4, -0.2) is 50.8 Å². The fourth-order valence-electron chi connectivity index (χ4n) is 4.60. The average molecular weight is 436 g/mol. The Bertz CT molecular complexity index is 1150. The lowest BCUT2D eigenvalue weighted by atomic mass is 9.84. The Balaban J connectivity index is 1.68. The molecule has 2 fully saturated rings. The van der Waals surface area contributed by atoms with Crippen molar-refractivity contribution in [1.82, 2.24) is 30.3 Å². The molecule has 3 unspecified atom stereocenters. The Hall–Kier alpha value is -2.80. The molecule has 3 aromatic rings. The average Bonchev–Trinajstić information content (AvgIpc) is 3.46. The Morgan fingerprint density at radius 2 is 2.12 bits per heavy atom. The second kappa shape index (κ2) is 8.28. The van der Waals surface area contributed by atoms with Crippen LogP contribution in [0.5, 0.6) is 0 Å². The number of aromatic amines is 1. The zero-order chi connectivity index (χ0) is 22.3. The third-order valence-electron chi connectivity index (χ3n) is 6.45. The molecular weight excluding hydrogens is 406 g/mol. The van der Waals surface area contributed by atoms with E-state index in [0.29, 0.717) is 12.3 Å². The maximum absolute atomic E-state index is 9.89. The van der Waals surface area contributed by atoms with Crippen molar-refractivity contribution in [2.75, 3.05) is 19.8 Å². The van der Waals surface area contributed by atoms with Gasteiger partial charge in [-0.15, -0.1) is 0 Å². The van der Waals surface area contributed by atoms with E-state index >= 15 is 0 Å². The third kappa shape index (κ3) is 3.58. The number of pyridine rings is 1. The van der Waals surface area contributed by atoms with Gasteiger partial charge in [0.2, 0.25) is 0 Å². The van der Waals surface area contributed by atoms with Gasteiger partial charge in [-0.05, 0) is 52.2 Å². The van der Waals surface area contributed by atoms with E-state index in [1.165, 1.54) is 0 Å². The Labute approximate surface area is 187 Å². The van der Waals surface area contributed by atoms with Gasteiger partial charge in [0, 0.05) is 31.0 Å². The topological polar surface area (TPSA) is 114 Å². The maximum atomic E-state index is 9.89. The minimum Gasteiger partial charge on any atom is -0.369 e. The lowest BCUT2D eigenvalue weighted by molar-refractivity contribution is -0.0383. The van der Waals surface area contributed by atoms with Gasteiger partial charge in [0.25, 0.3) is 0 Å². The summed E-state index contributed by atoms with van der Waals surface area (Å²) < 4.78 is 14.0. The fraction of sp³-hybridized carbons (Fsp3) is 0.565. The summed E-state index contributed by atoms with van der Waals surface area (Å²) in [6, 6.07) is 6.47. The molecule has 32 heavy (non-hydrogen) atoms. The lowest BCUT2D eigenvalue weighted by Crippen LogP contribution is -2.41. The smallest absolute Gasteiger partial charge is 0.150 e. The van der Waals surface area contributed by atoms with Crippen LogP contribution in [-0.2, 0) is 14.9 Å². The first-order valence-electron chi connectivity index (χ1n) is 11.3. The second-order valence-electron chi connectivity index (χ2n) is 9.14. The van der Waals surface area contributed by atoms with E-state index in [2.05, 4.69) is 33.6 Å². The Morgan fingerprint density at radius 1 is 1.25 bits per heavy atom. The number of nitriles is 1. The van der Waals surface area contributed by atoms with Gasteiger partial charge < -0.3 is 14.8 Å². The number of morpholine rings is 1. The van der Waals surface area contributed by atoms with Crippen molar-refractivity contribution >= 4 is 11.0 Å². The first-order chi connectivity index (χ1) is 15.5. The molecule has 0 amide bonds. The van der Waals surface area contributed by atoms with Gasteiger partial charge in [-0.1, -0.05) is 0 Å². The quantitative estimate of drug-likeness (QED) is 0.646. The molecule has 3 atom stereocenters. The van der Waals surface area contributed by atoms with E-state index in [0.717, 1.165) is 60.4 Å². The molecule has 0 bridgehead atoms. The van der Waals surface area contributed by atoms with Crippen LogP contribution in [0.3, 0.4) is 0 Å². The molecule has 0 spiro atoms. The minimum absolute atomic E-state index is 0.107. The summed E-state index contributed by atoms with van der Waals surface area (Å²) >= 11 is 0. The van der Waals surface area contributed by atoms with Crippen molar-refractivity contribution in [2.45, 2.75) is 63.8 Å². The number of fused-ring (bicyclic) bond motifs is 1. The molecule has 9 heteroatoms. The molecule has 0 radical (unpaired) electrons. The van der Waals surface area contributed by atoms with Crippen LogP contribution in [0.2, 0.25) is 0 Å². The highest BCUT2D eigenvalue weighted by Crippen LogP contribution is 2.37. The number of hydrogen-bond donors (Lipinski definition) is 2. The molecule has 0 saturated carbocycles. The minimum atomic E-state index is -0.724. The molecule has 5 rings (SSSR count).